The number of cyclic esters (lactones) is 1. The average Bonchev–Trinajstić information content (AvgIpc) is 1.58. The van der Waals surface area contributed by atoms with Crippen LogP contribution in [0.3, 0.4) is 0 Å². The van der Waals surface area contributed by atoms with Crippen molar-refractivity contribution in [1.29, 1.82) is 0 Å². The molecular formula is C58H69N11O15S2. The number of nitrogens with zero attached hydrogens (tertiary/aromatic N) is 5. The summed E-state index contributed by atoms with van der Waals surface area (Å²) in [7, 11) is -3.54. The first-order valence-electron chi connectivity index (χ1n) is 27.7. The van der Waals surface area contributed by atoms with Gasteiger partial charge in [-0.1, -0.05) is 53.9 Å². The van der Waals surface area contributed by atoms with E-state index in [1.807, 2.05) is 30.5 Å². The summed E-state index contributed by atoms with van der Waals surface area (Å²) in [6.45, 7) is 4.95. The summed E-state index contributed by atoms with van der Waals surface area (Å²) in [5, 5.41) is 14.6. The van der Waals surface area contributed by atoms with Crippen LogP contribution in [0.25, 0.3) is 22.3 Å². The summed E-state index contributed by atoms with van der Waals surface area (Å²) in [5.41, 5.74) is 9.38. The van der Waals surface area contributed by atoms with Gasteiger partial charge in [0.15, 0.2) is 5.16 Å². The number of aromatic nitrogens is 4. The van der Waals surface area contributed by atoms with Crippen molar-refractivity contribution < 1.29 is 65.7 Å². The van der Waals surface area contributed by atoms with Crippen molar-refractivity contribution in [2.75, 3.05) is 70.4 Å². The average molecular weight is 1220 g/mol. The maximum absolute atomic E-state index is 14.2. The van der Waals surface area contributed by atoms with Gasteiger partial charge in [0.1, 0.15) is 32.0 Å². The number of nitrogens with two attached hydrogens (primary N) is 1. The van der Waals surface area contributed by atoms with E-state index in [1.165, 1.54) is 32.8 Å². The van der Waals surface area contributed by atoms with Crippen LogP contribution in [0.4, 0.5) is 15.3 Å². The van der Waals surface area contributed by atoms with Crippen LogP contribution in [0.15, 0.2) is 76.9 Å². The Kier molecular flexibility index (Phi) is 23.5. The van der Waals surface area contributed by atoms with E-state index in [9.17, 15) is 46.8 Å². The maximum atomic E-state index is 14.2. The highest BCUT2D eigenvalue weighted by atomic mass is 32.2. The number of amides is 6. The number of hydrogen-bond donors (Lipinski definition) is 6. The number of ether oxygens (including phenoxy) is 5. The Morgan fingerprint density at radius 3 is 2.30 bits per heavy atom. The van der Waals surface area contributed by atoms with Crippen molar-refractivity contribution in [2.45, 2.75) is 102 Å². The Bertz CT molecular complexity index is 3540. The molecule has 26 nitrogen and oxygen atoms in total. The molecule has 0 radical (unpaired) electrons. The van der Waals surface area contributed by atoms with E-state index in [0.717, 1.165) is 22.8 Å². The van der Waals surface area contributed by atoms with Gasteiger partial charge in [0.25, 0.3) is 5.56 Å². The molecule has 6 amide bonds. The Morgan fingerprint density at radius 1 is 0.895 bits per heavy atom. The Hall–Kier alpha value is -8.49. The van der Waals surface area contributed by atoms with Crippen molar-refractivity contribution in [3.8, 4) is 23.2 Å². The molecule has 2 aliphatic heterocycles. The molecule has 0 saturated carbocycles. The lowest BCUT2D eigenvalue weighted by atomic mass is 9.97. The summed E-state index contributed by atoms with van der Waals surface area (Å²) in [5.74, 6) is 3.07. The van der Waals surface area contributed by atoms with E-state index in [2.05, 4.69) is 48.4 Å². The zero-order valence-electron chi connectivity index (χ0n) is 48.2. The Labute approximate surface area is 500 Å². The minimum absolute atomic E-state index is 0.0680. The van der Waals surface area contributed by atoms with Gasteiger partial charge in [-0.3, -0.25) is 24.0 Å². The number of esters is 1. The smallest absolute Gasteiger partial charge is 0.458 e. The lowest BCUT2D eigenvalue weighted by Crippen LogP contribution is -2.46. The van der Waals surface area contributed by atoms with Gasteiger partial charge in [0.2, 0.25) is 39.8 Å². The predicted molar refractivity (Wildman–Crippen MR) is 315 cm³/mol. The Balaban J connectivity index is 0.860. The molecule has 2 aromatic carbocycles. The first-order valence-corrected chi connectivity index (χ1v) is 30.7. The highest BCUT2D eigenvalue weighted by Gasteiger charge is 2.39. The molecule has 0 saturated heterocycles. The number of nitrogens with one attached hydrogen (secondary N) is 5. The number of para-hydroxylation sites is 1. The fourth-order valence-corrected chi connectivity index (χ4v) is 11.0. The van der Waals surface area contributed by atoms with Crippen molar-refractivity contribution in [1.82, 2.24) is 45.1 Å². The Morgan fingerprint density at radius 2 is 1.60 bits per heavy atom. The fourth-order valence-electron chi connectivity index (χ4n) is 9.49. The number of pyridine rings is 2. The quantitative estimate of drug-likeness (QED) is 0.0129. The highest BCUT2D eigenvalue weighted by Crippen LogP contribution is 2.39. The number of carbonyl (C=O) groups excluding carboxylic acids is 7. The topological polar surface area (TPSA) is 350 Å². The van der Waals surface area contributed by atoms with Crippen LogP contribution < -0.4 is 37.9 Å². The minimum Gasteiger partial charge on any atom is -0.458 e. The number of hydrogen-bond acceptors (Lipinski definition) is 19. The minimum atomic E-state index is -3.54. The molecule has 86 heavy (non-hydrogen) atoms. The van der Waals surface area contributed by atoms with E-state index < -0.39 is 82.9 Å². The lowest BCUT2D eigenvalue weighted by molar-refractivity contribution is -0.160. The number of primary amides is 1. The van der Waals surface area contributed by atoms with Gasteiger partial charge < -0.3 is 60.6 Å². The van der Waals surface area contributed by atoms with Crippen LogP contribution in [0.1, 0.15) is 98.5 Å². The molecule has 3 atom stereocenters. The van der Waals surface area contributed by atoms with Crippen molar-refractivity contribution in [2.24, 2.45) is 5.73 Å². The zero-order chi connectivity index (χ0) is 61.9. The standard InChI is InChI=1S/C58H69N11O15S2/c1-35(2)69(86(5,78)79)25-21-40-41-13-9-10-14-45(41)67-51-43(40)31-68-47(51)28-42-44(54(68)74)32-82-55(75)52(42)84-58(77)83-36(3)38-17-19-39(20-18-38)65-53(73)46(15-11-22-62-56(59)76)66-50(72)34-81-33-49(71)61-24-27-80-26-23-60-48(70)16-8-6-7-12-37-29-63-57(85-4)64-30-37/h9-10,13-14,17-20,28-30,35-36,46,52H,6,8,11,15-16,21-27,31-34H2,1-5H3,(H,60,70)(H,61,71)(H,65,73)(H,66,72)(H3,59,62,76)/t36?,46-,52-/m0/s1. The number of urea groups is 1. The second kappa shape index (κ2) is 31.1. The van der Waals surface area contributed by atoms with Gasteiger partial charge in [0, 0.05) is 79.7 Å². The molecule has 5 aromatic rings. The number of thioether (sulfide) groups is 1. The van der Waals surface area contributed by atoms with Gasteiger partial charge >= 0.3 is 18.2 Å². The number of sulfonamides is 1. The van der Waals surface area contributed by atoms with Gasteiger partial charge in [-0.2, -0.15) is 4.31 Å². The number of rotatable bonds is 29. The fraction of sp³-hybridized carbons (Fsp3) is 0.431. The third kappa shape index (κ3) is 18.3. The van der Waals surface area contributed by atoms with Crippen LogP contribution in [-0.4, -0.2) is 151 Å². The maximum Gasteiger partial charge on any atom is 0.510 e. The van der Waals surface area contributed by atoms with Crippen LogP contribution >= 0.6 is 11.8 Å². The first kappa shape index (κ1) is 65.1. The van der Waals surface area contributed by atoms with Gasteiger partial charge in [0.05, 0.1) is 54.0 Å². The highest BCUT2D eigenvalue weighted by molar-refractivity contribution is 7.98. The number of benzene rings is 2. The molecule has 458 valence electrons. The summed E-state index contributed by atoms with van der Waals surface area (Å²) >= 11 is 1.44. The number of anilines is 1. The van der Waals surface area contributed by atoms with Gasteiger partial charge in [-0.25, -0.2) is 37.8 Å². The van der Waals surface area contributed by atoms with Crippen molar-refractivity contribution >= 4 is 80.2 Å². The van der Waals surface area contributed by atoms with E-state index in [1.54, 1.807) is 51.4 Å². The number of fused-ring (bicyclic) bond motifs is 5. The van der Waals surface area contributed by atoms with Gasteiger partial charge in [-0.05, 0) is 88.1 Å². The molecule has 0 aliphatic carbocycles. The number of unbranched alkanes of at least 4 members (excludes halogenated alkanes) is 1. The van der Waals surface area contributed by atoms with E-state index >= 15 is 0 Å². The monoisotopic (exact) mass is 1220 g/mol. The third-order valence-corrected chi connectivity index (χ3v) is 15.7. The summed E-state index contributed by atoms with van der Waals surface area (Å²) in [4.78, 5) is 116. The van der Waals surface area contributed by atoms with E-state index in [-0.39, 0.29) is 88.5 Å². The largest absolute Gasteiger partial charge is 0.510 e. The van der Waals surface area contributed by atoms with E-state index in [4.69, 9.17) is 34.4 Å². The van der Waals surface area contributed by atoms with Crippen molar-refractivity contribution in [3.05, 3.63) is 111 Å². The molecule has 28 heteroatoms. The predicted octanol–water partition coefficient (Wildman–Crippen LogP) is 3.52. The van der Waals surface area contributed by atoms with Crippen LogP contribution in [0.2, 0.25) is 0 Å². The molecule has 3 aromatic heterocycles. The second-order valence-electron chi connectivity index (χ2n) is 20.2. The number of carbonyl (C=O) groups is 7. The lowest BCUT2D eigenvalue weighted by Gasteiger charge is -2.25. The zero-order valence-corrected chi connectivity index (χ0v) is 49.9. The molecular weight excluding hydrogens is 1150 g/mol. The molecule has 0 bridgehead atoms. The van der Waals surface area contributed by atoms with E-state index in [0.29, 0.717) is 64.6 Å². The molecule has 7 N–H and O–H groups in total. The first-order chi connectivity index (χ1) is 41.2. The SMILES string of the molecule is CSc1ncc(C#CCCCC(=O)NCCOCCNC(=O)COCC(=O)N[C@@H](CCCNC(N)=O)C(=O)Nc2ccc(C(C)OC(=O)O[C@@H]3C(=O)OCc4c3cc3n(c4=O)Cc4c-3nc3ccccc3c4CCN(C(C)C)S(C)(=O)=O)cc2)cn1. The molecule has 0 spiro atoms. The molecule has 2 aliphatic rings. The summed E-state index contributed by atoms with van der Waals surface area (Å²) in [6, 6.07) is 13.0. The third-order valence-electron chi connectivity index (χ3n) is 13.7. The van der Waals surface area contributed by atoms with Crippen LogP contribution in [-0.2, 0) is 77.3 Å². The second-order valence-corrected chi connectivity index (χ2v) is 22.9. The van der Waals surface area contributed by atoms with Crippen LogP contribution in [0, 0.1) is 11.8 Å². The van der Waals surface area contributed by atoms with Gasteiger partial charge in [-0.15, -0.1) is 0 Å². The molecule has 1 unspecified atom stereocenters. The summed E-state index contributed by atoms with van der Waals surface area (Å²) in [6.07, 6.45) is 4.55. The normalized spacial score (nSPS) is 13.9. The molecule has 0 fully saturated rings. The summed E-state index contributed by atoms with van der Waals surface area (Å²) < 4.78 is 55.6. The molecule has 5 heterocycles. The molecule has 7 rings (SSSR count). The van der Waals surface area contributed by atoms with Crippen molar-refractivity contribution in [3.63, 3.8) is 0 Å². The van der Waals surface area contributed by atoms with Crippen LogP contribution in [0.5, 0.6) is 0 Å².